The number of nitrogens with zero attached hydrogens (tertiary/aromatic N) is 3. The number of para-hydroxylation sites is 1. The Morgan fingerprint density at radius 2 is 2.07 bits per heavy atom. The number of nitrogens with one attached hydrogen (secondary N) is 1. The Kier molecular flexibility index (Phi) is 5.53. The van der Waals surface area contributed by atoms with Crippen LogP contribution in [0.2, 0.25) is 10.0 Å². The molecule has 9 heteroatoms. The number of fused-ring (bicyclic) bond motifs is 1. The Hall–Kier alpha value is -2.38. The maximum Gasteiger partial charge on any atom is 0.343 e. The van der Waals surface area contributed by atoms with Crippen LogP contribution in [0.25, 0.3) is 0 Å². The number of aromatic nitrogens is 2. The van der Waals surface area contributed by atoms with Gasteiger partial charge in [0.15, 0.2) is 5.82 Å². The van der Waals surface area contributed by atoms with Crippen LogP contribution in [0.15, 0.2) is 28.1 Å². The van der Waals surface area contributed by atoms with Gasteiger partial charge >= 0.3 is 5.97 Å². The number of benzene rings is 1. The molecule has 0 radical (unpaired) electrons. The number of aryl methyl sites for hydroxylation is 1. The highest BCUT2D eigenvalue weighted by Crippen LogP contribution is 2.30. The summed E-state index contributed by atoms with van der Waals surface area (Å²) in [6.45, 7) is 3.62. The van der Waals surface area contributed by atoms with Crippen molar-refractivity contribution in [3.63, 3.8) is 0 Å². The zero-order chi connectivity index (χ0) is 19.7. The SMILES string of the molecule is CCc1nc2n(c(=O)c1C(=O)O)C(C)CCC2=NNc1c(Cl)cccc1Cl. The number of aromatic carboxylic acids is 1. The minimum atomic E-state index is -1.27. The summed E-state index contributed by atoms with van der Waals surface area (Å²) in [6.07, 6.45) is 1.55. The molecule has 1 aliphatic heterocycles. The molecular weight excluding hydrogens is 391 g/mol. The van der Waals surface area contributed by atoms with Gasteiger partial charge in [0.25, 0.3) is 5.56 Å². The normalized spacial score (nSPS) is 17.6. The summed E-state index contributed by atoms with van der Waals surface area (Å²) in [4.78, 5) is 28.8. The fraction of sp³-hybridized carbons (Fsp3) is 0.333. The summed E-state index contributed by atoms with van der Waals surface area (Å²) >= 11 is 12.3. The van der Waals surface area contributed by atoms with E-state index in [1.165, 1.54) is 4.57 Å². The molecular formula is C18H18Cl2N4O3. The molecule has 0 saturated carbocycles. The van der Waals surface area contributed by atoms with E-state index in [4.69, 9.17) is 23.2 Å². The number of carboxylic acids is 1. The van der Waals surface area contributed by atoms with Gasteiger partial charge in [-0.3, -0.25) is 14.8 Å². The topological polar surface area (TPSA) is 96.6 Å². The maximum absolute atomic E-state index is 12.8. The second-order valence-corrected chi connectivity index (χ2v) is 7.06. The van der Waals surface area contributed by atoms with Crippen LogP contribution >= 0.6 is 23.2 Å². The second kappa shape index (κ2) is 7.70. The van der Waals surface area contributed by atoms with Crippen molar-refractivity contribution in [2.24, 2.45) is 5.10 Å². The van der Waals surface area contributed by atoms with Gasteiger partial charge in [0.2, 0.25) is 0 Å². The summed E-state index contributed by atoms with van der Waals surface area (Å²) in [5, 5.41) is 14.6. The highest BCUT2D eigenvalue weighted by Gasteiger charge is 2.29. The highest BCUT2D eigenvalue weighted by molar-refractivity contribution is 6.39. The lowest BCUT2D eigenvalue weighted by atomic mass is 10.0. The fourth-order valence-corrected chi connectivity index (χ4v) is 3.56. The van der Waals surface area contributed by atoms with Crippen LogP contribution in [0, 0.1) is 0 Å². The minimum Gasteiger partial charge on any atom is -0.477 e. The van der Waals surface area contributed by atoms with Crippen molar-refractivity contribution in [3.05, 3.63) is 55.7 Å². The molecule has 1 aromatic carbocycles. The zero-order valence-electron chi connectivity index (χ0n) is 14.8. The van der Waals surface area contributed by atoms with Crippen molar-refractivity contribution in [1.82, 2.24) is 9.55 Å². The van der Waals surface area contributed by atoms with Crippen molar-refractivity contribution in [3.8, 4) is 0 Å². The second-order valence-electron chi connectivity index (χ2n) is 6.25. The van der Waals surface area contributed by atoms with Gasteiger partial charge in [-0.1, -0.05) is 36.2 Å². The smallest absolute Gasteiger partial charge is 0.343 e. The summed E-state index contributed by atoms with van der Waals surface area (Å²) in [5.74, 6) is -0.895. The molecule has 2 heterocycles. The number of carbonyl (C=O) groups is 1. The average molecular weight is 409 g/mol. The molecule has 7 nitrogen and oxygen atoms in total. The minimum absolute atomic E-state index is 0.174. The highest BCUT2D eigenvalue weighted by atomic mass is 35.5. The van der Waals surface area contributed by atoms with Crippen LogP contribution in [0.4, 0.5) is 5.69 Å². The van der Waals surface area contributed by atoms with E-state index in [2.05, 4.69) is 15.5 Å². The molecule has 0 spiro atoms. The van der Waals surface area contributed by atoms with E-state index in [-0.39, 0.29) is 17.3 Å². The lowest BCUT2D eigenvalue weighted by Crippen LogP contribution is -2.38. The van der Waals surface area contributed by atoms with Gasteiger partial charge in [-0.05, 0) is 38.3 Å². The van der Waals surface area contributed by atoms with E-state index >= 15 is 0 Å². The quantitative estimate of drug-likeness (QED) is 0.745. The van der Waals surface area contributed by atoms with Crippen LogP contribution in [0.5, 0.6) is 0 Å². The third-order valence-electron chi connectivity index (χ3n) is 4.50. The zero-order valence-corrected chi connectivity index (χ0v) is 16.3. The van der Waals surface area contributed by atoms with Crippen molar-refractivity contribution in [1.29, 1.82) is 0 Å². The van der Waals surface area contributed by atoms with Gasteiger partial charge in [-0.25, -0.2) is 9.78 Å². The van der Waals surface area contributed by atoms with Crippen molar-refractivity contribution in [2.75, 3.05) is 5.43 Å². The van der Waals surface area contributed by atoms with Crippen molar-refractivity contribution in [2.45, 2.75) is 39.2 Å². The molecule has 0 saturated heterocycles. The third kappa shape index (κ3) is 3.57. The van der Waals surface area contributed by atoms with Crippen LogP contribution < -0.4 is 11.0 Å². The average Bonchev–Trinajstić information content (AvgIpc) is 2.61. The molecule has 2 N–H and O–H groups in total. The van der Waals surface area contributed by atoms with E-state index in [1.807, 2.05) is 6.92 Å². The lowest BCUT2D eigenvalue weighted by Gasteiger charge is -2.26. The van der Waals surface area contributed by atoms with Crippen LogP contribution in [0.1, 0.15) is 54.6 Å². The molecule has 142 valence electrons. The Labute approximate surface area is 165 Å². The molecule has 1 aromatic heterocycles. The Morgan fingerprint density at radius 1 is 1.41 bits per heavy atom. The number of carboxylic acid groups (broad SMARTS) is 1. The molecule has 0 bridgehead atoms. The number of hydrogen-bond acceptors (Lipinski definition) is 5. The first-order valence-corrected chi connectivity index (χ1v) is 9.26. The Bertz CT molecular complexity index is 981. The number of hydrogen-bond donors (Lipinski definition) is 2. The number of rotatable bonds is 4. The van der Waals surface area contributed by atoms with Crippen molar-refractivity contribution >= 4 is 40.6 Å². The van der Waals surface area contributed by atoms with E-state index in [0.717, 1.165) is 0 Å². The van der Waals surface area contributed by atoms with E-state index in [9.17, 15) is 14.7 Å². The first-order valence-electron chi connectivity index (χ1n) is 8.50. The summed E-state index contributed by atoms with van der Waals surface area (Å²) in [6, 6.07) is 4.92. The van der Waals surface area contributed by atoms with E-state index < -0.39 is 11.5 Å². The van der Waals surface area contributed by atoms with Gasteiger partial charge in [-0.15, -0.1) is 0 Å². The summed E-state index contributed by atoms with van der Waals surface area (Å²) in [5.41, 5.74) is 3.27. The van der Waals surface area contributed by atoms with Gasteiger partial charge in [0.1, 0.15) is 11.3 Å². The summed E-state index contributed by atoms with van der Waals surface area (Å²) in [7, 11) is 0. The van der Waals surface area contributed by atoms with Crippen LogP contribution in [-0.4, -0.2) is 26.3 Å². The number of halogens is 2. The molecule has 1 unspecified atom stereocenters. The van der Waals surface area contributed by atoms with Crippen LogP contribution in [-0.2, 0) is 6.42 Å². The molecule has 27 heavy (non-hydrogen) atoms. The first kappa shape index (κ1) is 19.4. The predicted molar refractivity (Wildman–Crippen MR) is 105 cm³/mol. The lowest BCUT2D eigenvalue weighted by molar-refractivity contribution is 0.0692. The standard InChI is InChI=1S/C18H18Cl2N4O3/c1-3-12-14(18(26)27)17(25)24-9(2)7-8-13(16(24)21-12)22-23-15-10(19)5-4-6-11(15)20/h4-6,9,23H,3,7-8H2,1-2H3,(H,26,27). The molecule has 3 rings (SSSR count). The number of hydrazone groups is 1. The molecule has 0 fully saturated rings. The largest absolute Gasteiger partial charge is 0.477 e. The van der Waals surface area contributed by atoms with Crippen LogP contribution in [0.3, 0.4) is 0 Å². The third-order valence-corrected chi connectivity index (χ3v) is 5.13. The number of anilines is 1. The maximum atomic E-state index is 12.8. The van der Waals surface area contributed by atoms with E-state index in [1.54, 1.807) is 25.1 Å². The van der Waals surface area contributed by atoms with Gasteiger partial charge in [-0.2, -0.15) is 5.10 Å². The first-order chi connectivity index (χ1) is 12.8. The molecule has 0 amide bonds. The molecule has 1 aliphatic rings. The van der Waals surface area contributed by atoms with Gasteiger partial charge in [0.05, 0.1) is 21.4 Å². The van der Waals surface area contributed by atoms with Gasteiger partial charge < -0.3 is 5.11 Å². The predicted octanol–water partition coefficient (Wildman–Crippen LogP) is 3.98. The molecule has 0 aliphatic carbocycles. The Balaban J connectivity index is 2.12. The van der Waals surface area contributed by atoms with E-state index in [0.29, 0.717) is 46.5 Å². The summed E-state index contributed by atoms with van der Waals surface area (Å²) < 4.78 is 1.40. The molecule has 2 aromatic rings. The Morgan fingerprint density at radius 3 is 2.67 bits per heavy atom. The van der Waals surface area contributed by atoms with Crippen molar-refractivity contribution < 1.29 is 9.90 Å². The monoisotopic (exact) mass is 408 g/mol. The fourth-order valence-electron chi connectivity index (χ4n) is 3.08. The van der Waals surface area contributed by atoms with Gasteiger partial charge in [0, 0.05) is 6.04 Å². The molecule has 1 atom stereocenters.